The largest absolute Gasteiger partial charge is 0.497 e. The molecule has 16 atom stereocenters. The maximum atomic E-state index is 11.8. The van der Waals surface area contributed by atoms with Crippen LogP contribution in [-0.2, 0) is 14.3 Å². The topological polar surface area (TPSA) is 83.7 Å². The van der Waals surface area contributed by atoms with Gasteiger partial charge in [0.05, 0.1) is 12.5 Å². The molecule has 1 amide bonds. The number of carbonyl (C=O) groups is 1. The highest BCUT2D eigenvalue weighted by molar-refractivity contribution is 8.03. The molecule has 9 heteroatoms. The number of nitrogens with one attached hydrogen (secondary N) is 4. The monoisotopic (exact) mass is 1520 g/mol. The van der Waals surface area contributed by atoms with Gasteiger partial charge in [-0.05, 0) is 146 Å². The number of hydrogen-bond acceptors (Lipinski definition) is 8. The molecule has 16 unspecified atom stereocenters. The number of thioether (sulfide) groups is 2. The molecule has 106 heavy (non-hydrogen) atoms. The molecule has 0 aromatic carbocycles. The molecule has 8 rings (SSSR count). The fourth-order valence-electron chi connectivity index (χ4n) is 16.7. The van der Waals surface area contributed by atoms with Crippen molar-refractivity contribution in [2.75, 3.05) is 13.1 Å². The minimum atomic E-state index is 0.0680. The van der Waals surface area contributed by atoms with Crippen molar-refractivity contribution in [1.82, 2.24) is 21.3 Å². The molecule has 4 N–H and O–H groups in total. The minimum Gasteiger partial charge on any atom is -0.497 e. The van der Waals surface area contributed by atoms with Gasteiger partial charge in [0.2, 0.25) is 5.91 Å². The van der Waals surface area contributed by atoms with Gasteiger partial charge in [0.15, 0.2) is 0 Å². The third kappa shape index (κ3) is 31.7. The number of amides is 1. The van der Waals surface area contributed by atoms with E-state index in [0.717, 1.165) is 35.4 Å². The van der Waals surface area contributed by atoms with Gasteiger partial charge in [0.1, 0.15) is 12.2 Å². The number of carbonyl (C=O) groups excluding carboxylic acids is 1. The Balaban J connectivity index is 0.000000606. The van der Waals surface area contributed by atoms with E-state index in [4.69, 9.17) is 9.47 Å². The van der Waals surface area contributed by atoms with E-state index in [1.807, 2.05) is 36.0 Å². The van der Waals surface area contributed by atoms with E-state index in [0.29, 0.717) is 131 Å². The average Bonchev–Trinajstić information content (AvgIpc) is 1.65. The summed E-state index contributed by atoms with van der Waals surface area (Å²) in [5.74, 6) is 5.95. The molecule has 0 saturated carbocycles. The fourth-order valence-corrected chi connectivity index (χ4v) is 19.7. The lowest BCUT2D eigenvalue weighted by Crippen LogP contribution is -2.43. The summed E-state index contributed by atoms with van der Waals surface area (Å²) in [6.45, 7) is 116. The number of allylic oxidation sites excluding steroid dienone is 3. The van der Waals surface area contributed by atoms with E-state index in [-0.39, 0.29) is 33.5 Å². The summed E-state index contributed by atoms with van der Waals surface area (Å²) < 4.78 is 11.4. The molecule has 2 saturated heterocycles. The molecule has 0 aromatic rings. The highest BCUT2D eigenvalue weighted by Crippen LogP contribution is 2.52. The summed E-state index contributed by atoms with van der Waals surface area (Å²) in [4.78, 5) is 11.8. The Morgan fingerprint density at radius 2 is 0.575 bits per heavy atom. The Kier molecular flexibility index (Phi) is 35.1. The first-order chi connectivity index (χ1) is 46.6. The van der Waals surface area contributed by atoms with E-state index in [1.54, 1.807) is 0 Å². The Morgan fingerprint density at radius 1 is 0.302 bits per heavy atom. The first-order valence-electron chi connectivity index (χ1n) is 41.5. The zero-order valence-corrected chi connectivity index (χ0v) is 81.0. The second-order valence-corrected chi connectivity index (χ2v) is 52.5. The molecule has 0 aromatic heterocycles. The second-order valence-electron chi connectivity index (χ2n) is 50.4. The van der Waals surface area contributed by atoms with Crippen LogP contribution in [-0.4, -0.2) is 53.8 Å². The second kappa shape index (κ2) is 36.7. The summed E-state index contributed by atoms with van der Waals surface area (Å²) in [6.07, 6.45) is 22.4. The van der Waals surface area contributed by atoms with Crippen LogP contribution in [0.1, 0.15) is 332 Å². The summed E-state index contributed by atoms with van der Waals surface area (Å²) in [6, 6.07) is 1.15. The van der Waals surface area contributed by atoms with E-state index in [1.165, 1.54) is 5.70 Å². The van der Waals surface area contributed by atoms with Gasteiger partial charge >= 0.3 is 0 Å². The predicted octanol–water partition coefficient (Wildman–Crippen LogP) is 28.1. The Labute approximate surface area is 671 Å². The van der Waals surface area contributed by atoms with Crippen LogP contribution < -0.4 is 21.3 Å². The van der Waals surface area contributed by atoms with Crippen molar-refractivity contribution in [3.63, 3.8) is 0 Å². The zero-order chi connectivity index (χ0) is 83.9. The van der Waals surface area contributed by atoms with Crippen LogP contribution in [0.25, 0.3) is 0 Å². The molecule has 0 spiro atoms. The minimum absolute atomic E-state index is 0.0680. The normalized spacial score (nSPS) is 29.2. The van der Waals surface area contributed by atoms with Crippen molar-refractivity contribution in [2.45, 2.75) is 367 Å². The standard InChI is InChI=1S/C13H25N.C12H23NO.2C12H23N.2C12H22O.2C12H22S/c1-9-11(13(5,6)7)10(8-14-9)12(2,3)4;1-11(2,3)8-7-13-10(14)9(8)12(4,5)6;6*1-11(2,3)9-7-8-13-10(9)12(4,5)6/h10-11,14H,1,8H2,2-7H3;8-9H,7H2,1-6H3,(H,13,14);2*7-10,13H,1-6H3;4*7-10H,1-6H3. The van der Waals surface area contributed by atoms with E-state index in [2.05, 4.69) is 420 Å². The quantitative estimate of drug-likeness (QED) is 0.191. The molecule has 0 aliphatic carbocycles. The van der Waals surface area contributed by atoms with Crippen LogP contribution >= 0.6 is 23.5 Å². The smallest absolute Gasteiger partial charge is 0.224 e. The highest BCUT2D eigenvalue weighted by Gasteiger charge is 2.50. The molecular weight excluding hydrogens is 1330 g/mol. The molecule has 620 valence electrons. The fraction of sp³-hybridized carbons (Fsp3) is 0.845. The molecule has 8 heterocycles. The first-order valence-corrected chi connectivity index (χ1v) is 43.4. The first kappa shape index (κ1) is 101. The summed E-state index contributed by atoms with van der Waals surface area (Å²) in [7, 11) is 0. The van der Waals surface area contributed by atoms with Gasteiger partial charge in [-0.15, -0.1) is 23.5 Å². The lowest BCUT2D eigenvalue weighted by atomic mass is 9.65. The average molecular weight is 1520 g/mol. The van der Waals surface area contributed by atoms with Gasteiger partial charge in [0, 0.05) is 76.9 Å². The molecule has 0 radical (unpaired) electrons. The Hall–Kier alpha value is -2.65. The lowest BCUT2D eigenvalue weighted by Gasteiger charge is -2.39. The predicted molar refractivity (Wildman–Crippen MR) is 478 cm³/mol. The third-order valence-corrected chi connectivity index (χ3v) is 26.3. The van der Waals surface area contributed by atoms with E-state index >= 15 is 0 Å². The maximum Gasteiger partial charge on any atom is 0.224 e. The molecular formula is C97H182N4O3S2. The Morgan fingerprint density at radius 3 is 0.764 bits per heavy atom. The summed E-state index contributed by atoms with van der Waals surface area (Å²) >= 11 is 4.01. The summed E-state index contributed by atoms with van der Waals surface area (Å²) in [5, 5.41) is 19.4. The van der Waals surface area contributed by atoms with Crippen LogP contribution in [0.3, 0.4) is 0 Å². The van der Waals surface area contributed by atoms with Gasteiger partial charge in [-0.1, -0.05) is 363 Å². The number of ether oxygens (including phenoxy) is 2. The molecule has 7 nitrogen and oxygen atoms in total. The van der Waals surface area contributed by atoms with Crippen LogP contribution in [0.5, 0.6) is 0 Å². The molecule has 8 aliphatic heterocycles. The van der Waals surface area contributed by atoms with E-state index < -0.39 is 0 Å². The van der Waals surface area contributed by atoms with Gasteiger partial charge in [-0.3, -0.25) is 4.79 Å². The lowest BCUT2D eigenvalue weighted by molar-refractivity contribution is -0.127. The molecule has 0 bridgehead atoms. The van der Waals surface area contributed by atoms with Crippen molar-refractivity contribution in [2.24, 2.45) is 146 Å². The molecule has 8 aliphatic rings. The van der Waals surface area contributed by atoms with Crippen LogP contribution in [0.4, 0.5) is 0 Å². The summed E-state index contributed by atoms with van der Waals surface area (Å²) in [5.41, 5.74) is 6.24. The Bertz CT molecular complexity index is 2430. The number of rotatable bonds is 0. The third-order valence-electron chi connectivity index (χ3n) is 23.1. The van der Waals surface area contributed by atoms with Crippen LogP contribution in [0, 0.1) is 146 Å². The van der Waals surface area contributed by atoms with Gasteiger partial charge in [0.25, 0.3) is 0 Å². The van der Waals surface area contributed by atoms with Crippen molar-refractivity contribution in [1.29, 1.82) is 0 Å². The highest BCUT2D eigenvalue weighted by atomic mass is 32.2. The van der Waals surface area contributed by atoms with Crippen molar-refractivity contribution in [3.8, 4) is 0 Å². The zero-order valence-electron chi connectivity index (χ0n) is 79.3. The number of hydrogen-bond donors (Lipinski definition) is 4. The van der Waals surface area contributed by atoms with E-state index in [9.17, 15) is 4.79 Å². The van der Waals surface area contributed by atoms with Crippen molar-refractivity contribution >= 4 is 29.4 Å². The molecule has 2 fully saturated rings. The van der Waals surface area contributed by atoms with Crippen molar-refractivity contribution < 1.29 is 14.3 Å². The van der Waals surface area contributed by atoms with Gasteiger partial charge in [-0.25, -0.2) is 0 Å². The van der Waals surface area contributed by atoms with Crippen molar-refractivity contribution in [3.05, 3.63) is 84.5 Å². The van der Waals surface area contributed by atoms with Crippen LogP contribution in [0.2, 0.25) is 0 Å². The van der Waals surface area contributed by atoms with Gasteiger partial charge in [-0.2, -0.15) is 0 Å². The maximum absolute atomic E-state index is 11.8. The van der Waals surface area contributed by atoms with Crippen LogP contribution in [0.15, 0.2) is 84.5 Å². The SMILES string of the molecule is C=C1NCC(C(C)(C)C)C1C(C)(C)C.CC(C)(C)C1C=CNC1C(C)(C)C.CC(C)(C)C1C=CNC1C(C)(C)C.CC(C)(C)C1C=COC1C(C)(C)C.CC(C)(C)C1C=COC1C(C)(C)C.CC(C)(C)C1C=CSC1C(C)(C)C.CC(C)(C)C1C=CSC1C(C)(C)C.CC(C)(C)C1CNC(=O)C1C(C)(C)C. The van der Waals surface area contributed by atoms with Gasteiger partial charge < -0.3 is 30.7 Å².